The monoisotopic (exact) mass is 270 g/mol. The second-order valence-corrected chi connectivity index (χ2v) is 5.44. The summed E-state index contributed by atoms with van der Waals surface area (Å²) in [5.41, 5.74) is 2.26. The van der Waals surface area contributed by atoms with E-state index in [2.05, 4.69) is 10.3 Å². The molecule has 2 N–H and O–H groups in total. The Bertz CT molecular complexity index is 650. The second-order valence-electron chi connectivity index (χ2n) is 5.44. The van der Waals surface area contributed by atoms with Crippen molar-refractivity contribution < 1.29 is 9.90 Å². The minimum Gasteiger partial charge on any atom is -0.391 e. The minimum absolute atomic E-state index is 0.147. The summed E-state index contributed by atoms with van der Waals surface area (Å²) in [5.74, 6) is 0.220. The highest BCUT2D eigenvalue weighted by Gasteiger charge is 2.29. The van der Waals surface area contributed by atoms with E-state index < -0.39 is 6.10 Å². The molecule has 4 nitrogen and oxygen atoms in total. The molecule has 1 aromatic carbocycles. The van der Waals surface area contributed by atoms with Gasteiger partial charge >= 0.3 is 0 Å². The van der Waals surface area contributed by atoms with E-state index in [0.29, 0.717) is 18.0 Å². The van der Waals surface area contributed by atoms with Crippen LogP contribution in [0.2, 0.25) is 0 Å². The molecule has 0 aliphatic heterocycles. The molecule has 1 unspecified atom stereocenters. The highest BCUT2D eigenvalue weighted by Crippen LogP contribution is 2.32. The van der Waals surface area contributed by atoms with Crippen molar-refractivity contribution in [3.8, 4) is 0 Å². The molecule has 0 saturated heterocycles. The van der Waals surface area contributed by atoms with Crippen LogP contribution in [0.4, 0.5) is 0 Å². The number of aliphatic hydroxyl groups is 1. The quantitative estimate of drug-likeness (QED) is 0.893. The first-order chi connectivity index (χ1) is 9.65. The van der Waals surface area contributed by atoms with E-state index in [1.807, 2.05) is 31.2 Å². The third-order valence-electron chi connectivity index (χ3n) is 3.73. The summed E-state index contributed by atoms with van der Waals surface area (Å²) in [4.78, 5) is 16.7. The molecule has 0 spiro atoms. The van der Waals surface area contributed by atoms with Crippen LogP contribution in [-0.2, 0) is 0 Å². The maximum Gasteiger partial charge on any atom is 0.252 e. The van der Waals surface area contributed by atoms with Gasteiger partial charge in [-0.15, -0.1) is 0 Å². The van der Waals surface area contributed by atoms with Crippen LogP contribution in [0.5, 0.6) is 0 Å². The van der Waals surface area contributed by atoms with Gasteiger partial charge in [-0.2, -0.15) is 0 Å². The summed E-state index contributed by atoms with van der Waals surface area (Å²) in [5, 5.41) is 13.5. The molecular weight excluding hydrogens is 252 g/mol. The lowest BCUT2D eigenvalue weighted by molar-refractivity contribution is 0.0902. The van der Waals surface area contributed by atoms with Crippen LogP contribution in [0.3, 0.4) is 0 Å². The number of rotatable bonds is 4. The number of fused-ring (bicyclic) bond motifs is 1. The Morgan fingerprint density at radius 1 is 1.45 bits per heavy atom. The van der Waals surface area contributed by atoms with Crippen molar-refractivity contribution in [3.05, 3.63) is 41.6 Å². The van der Waals surface area contributed by atoms with Crippen LogP contribution >= 0.6 is 0 Å². The number of aliphatic hydroxyl groups excluding tert-OH is 1. The Morgan fingerprint density at radius 2 is 2.20 bits per heavy atom. The number of amides is 1. The summed E-state index contributed by atoms with van der Waals surface area (Å²) in [6.45, 7) is 2.20. The van der Waals surface area contributed by atoms with Gasteiger partial charge in [-0.25, -0.2) is 0 Å². The largest absolute Gasteiger partial charge is 0.391 e. The third kappa shape index (κ3) is 2.65. The van der Waals surface area contributed by atoms with E-state index in [9.17, 15) is 9.90 Å². The van der Waals surface area contributed by atoms with Crippen LogP contribution in [-0.4, -0.2) is 28.6 Å². The summed E-state index contributed by atoms with van der Waals surface area (Å²) in [6, 6.07) is 9.40. The summed E-state index contributed by atoms with van der Waals surface area (Å²) in [7, 11) is 0. The fourth-order valence-electron chi connectivity index (χ4n) is 2.44. The van der Waals surface area contributed by atoms with Crippen molar-refractivity contribution in [1.29, 1.82) is 0 Å². The highest BCUT2D eigenvalue weighted by atomic mass is 16.3. The van der Waals surface area contributed by atoms with Gasteiger partial charge in [-0.1, -0.05) is 18.2 Å². The molecule has 1 aliphatic rings. The van der Waals surface area contributed by atoms with E-state index in [0.717, 1.165) is 29.4 Å². The smallest absolute Gasteiger partial charge is 0.252 e. The number of nitrogens with one attached hydrogen (secondary N) is 1. The number of hydrogen-bond acceptors (Lipinski definition) is 3. The summed E-state index contributed by atoms with van der Waals surface area (Å²) in [6.07, 6.45) is 1.70. The van der Waals surface area contributed by atoms with E-state index >= 15 is 0 Å². The molecule has 1 aromatic heterocycles. The van der Waals surface area contributed by atoms with Crippen molar-refractivity contribution in [2.75, 3.05) is 6.54 Å². The number of para-hydroxylation sites is 1. The standard InChI is InChI=1S/C16H18N2O2/c1-10-8-13(12-4-2-3-5-14(12)18-10)16(20)17-9-15(19)11-6-7-11/h2-5,8,11,15,19H,6-7,9H2,1H3,(H,17,20). The van der Waals surface area contributed by atoms with E-state index in [4.69, 9.17) is 0 Å². The van der Waals surface area contributed by atoms with Gasteiger partial charge in [0.1, 0.15) is 0 Å². The van der Waals surface area contributed by atoms with Gasteiger partial charge in [0.25, 0.3) is 5.91 Å². The number of pyridine rings is 1. The van der Waals surface area contributed by atoms with E-state index in [1.54, 1.807) is 6.07 Å². The molecule has 0 bridgehead atoms. The fraction of sp³-hybridized carbons (Fsp3) is 0.375. The lowest BCUT2D eigenvalue weighted by Gasteiger charge is -2.12. The van der Waals surface area contributed by atoms with Gasteiger partial charge < -0.3 is 10.4 Å². The maximum atomic E-state index is 12.3. The maximum absolute atomic E-state index is 12.3. The van der Waals surface area contributed by atoms with Gasteiger partial charge in [0, 0.05) is 17.6 Å². The van der Waals surface area contributed by atoms with Crippen LogP contribution in [0.1, 0.15) is 28.9 Å². The van der Waals surface area contributed by atoms with Crippen molar-refractivity contribution in [3.63, 3.8) is 0 Å². The fourth-order valence-corrected chi connectivity index (χ4v) is 2.44. The zero-order chi connectivity index (χ0) is 14.1. The molecule has 1 aliphatic carbocycles. The molecule has 1 fully saturated rings. The van der Waals surface area contributed by atoms with Crippen LogP contribution in [0.25, 0.3) is 10.9 Å². The average Bonchev–Trinajstić information content (AvgIpc) is 3.28. The van der Waals surface area contributed by atoms with E-state index in [1.165, 1.54) is 0 Å². The van der Waals surface area contributed by atoms with Crippen molar-refractivity contribution in [1.82, 2.24) is 10.3 Å². The molecule has 4 heteroatoms. The molecule has 1 heterocycles. The first kappa shape index (κ1) is 13.1. The highest BCUT2D eigenvalue weighted by molar-refractivity contribution is 6.06. The molecule has 104 valence electrons. The molecule has 3 rings (SSSR count). The zero-order valence-corrected chi connectivity index (χ0v) is 11.5. The molecule has 0 radical (unpaired) electrons. The lowest BCUT2D eigenvalue weighted by atomic mass is 10.1. The Balaban J connectivity index is 1.83. The topological polar surface area (TPSA) is 62.2 Å². The molecule has 2 aromatic rings. The number of aryl methyl sites for hydroxylation is 1. The predicted molar refractivity (Wildman–Crippen MR) is 77.5 cm³/mol. The molecule has 20 heavy (non-hydrogen) atoms. The van der Waals surface area contributed by atoms with Crippen molar-refractivity contribution in [2.24, 2.45) is 5.92 Å². The van der Waals surface area contributed by atoms with Gasteiger partial charge in [0.15, 0.2) is 0 Å². The Morgan fingerprint density at radius 3 is 2.95 bits per heavy atom. The van der Waals surface area contributed by atoms with Gasteiger partial charge in [-0.3, -0.25) is 9.78 Å². The van der Waals surface area contributed by atoms with Gasteiger partial charge in [0.05, 0.1) is 17.2 Å². The van der Waals surface area contributed by atoms with E-state index in [-0.39, 0.29) is 5.91 Å². The normalized spacial score (nSPS) is 16.1. The summed E-state index contributed by atoms with van der Waals surface area (Å²) >= 11 is 0. The second kappa shape index (κ2) is 5.21. The number of carbonyl (C=O) groups excluding carboxylic acids is 1. The number of nitrogens with zero attached hydrogens (tertiary/aromatic N) is 1. The summed E-state index contributed by atoms with van der Waals surface area (Å²) < 4.78 is 0. The number of aromatic nitrogens is 1. The minimum atomic E-state index is -0.423. The molecular formula is C16H18N2O2. The Labute approximate surface area is 117 Å². The third-order valence-corrected chi connectivity index (χ3v) is 3.73. The molecule has 1 saturated carbocycles. The predicted octanol–water partition coefficient (Wildman–Crippen LogP) is 2.04. The lowest BCUT2D eigenvalue weighted by Crippen LogP contribution is -2.33. The number of benzene rings is 1. The zero-order valence-electron chi connectivity index (χ0n) is 11.5. The Hall–Kier alpha value is -1.94. The number of hydrogen-bond donors (Lipinski definition) is 2. The average molecular weight is 270 g/mol. The first-order valence-electron chi connectivity index (χ1n) is 6.98. The molecule has 1 atom stereocenters. The van der Waals surface area contributed by atoms with Crippen LogP contribution < -0.4 is 5.32 Å². The van der Waals surface area contributed by atoms with Gasteiger partial charge in [-0.05, 0) is 37.8 Å². The number of carbonyl (C=O) groups is 1. The van der Waals surface area contributed by atoms with Gasteiger partial charge in [0.2, 0.25) is 0 Å². The van der Waals surface area contributed by atoms with Crippen molar-refractivity contribution in [2.45, 2.75) is 25.9 Å². The van der Waals surface area contributed by atoms with Crippen LogP contribution in [0, 0.1) is 12.8 Å². The SMILES string of the molecule is Cc1cc(C(=O)NCC(O)C2CC2)c2ccccc2n1. The van der Waals surface area contributed by atoms with Crippen molar-refractivity contribution >= 4 is 16.8 Å². The van der Waals surface area contributed by atoms with Crippen LogP contribution in [0.15, 0.2) is 30.3 Å². The Kier molecular flexibility index (Phi) is 3.40. The first-order valence-corrected chi connectivity index (χ1v) is 6.98. The molecule has 1 amide bonds.